The lowest BCUT2D eigenvalue weighted by molar-refractivity contribution is -0.141. The number of aliphatic hydroxyl groups is 2. The Balaban J connectivity index is 1.85. The maximum atomic E-state index is 12.8. The van der Waals surface area contributed by atoms with Gasteiger partial charge in [-0.3, -0.25) is 4.68 Å². The highest BCUT2D eigenvalue weighted by Crippen LogP contribution is 2.29. The molecular formula is C19H20F3N5O2. The summed E-state index contributed by atoms with van der Waals surface area (Å²) >= 11 is 0. The van der Waals surface area contributed by atoms with Gasteiger partial charge in [-0.15, -0.1) is 0 Å². The quantitative estimate of drug-likeness (QED) is 0.581. The smallest absolute Gasteiger partial charge is 0.393 e. The molecule has 1 unspecified atom stereocenters. The van der Waals surface area contributed by atoms with E-state index < -0.39 is 24.1 Å². The van der Waals surface area contributed by atoms with Crippen LogP contribution in [0.5, 0.6) is 0 Å². The number of anilines is 2. The van der Waals surface area contributed by atoms with E-state index in [-0.39, 0.29) is 12.5 Å². The van der Waals surface area contributed by atoms with Crippen LogP contribution in [0.15, 0.2) is 42.9 Å². The lowest BCUT2D eigenvalue weighted by Crippen LogP contribution is -2.34. The average Bonchev–Trinajstić information content (AvgIpc) is 3.08. The first-order chi connectivity index (χ1) is 13.6. The Morgan fingerprint density at radius 3 is 2.62 bits per heavy atom. The second kappa shape index (κ2) is 7.80. The van der Waals surface area contributed by atoms with Crippen molar-refractivity contribution in [2.24, 2.45) is 0 Å². The summed E-state index contributed by atoms with van der Waals surface area (Å²) in [5, 5.41) is 26.1. The molecule has 0 saturated heterocycles. The first-order valence-electron chi connectivity index (χ1n) is 8.71. The van der Waals surface area contributed by atoms with Crippen molar-refractivity contribution in [3.05, 3.63) is 54.1 Å². The molecule has 0 saturated carbocycles. The molecule has 29 heavy (non-hydrogen) atoms. The maximum Gasteiger partial charge on any atom is 0.433 e. The summed E-state index contributed by atoms with van der Waals surface area (Å²) in [5.41, 5.74) is 0.579. The number of aryl methyl sites for hydroxylation is 1. The van der Waals surface area contributed by atoms with E-state index in [4.69, 9.17) is 0 Å². The van der Waals surface area contributed by atoms with Crippen LogP contribution in [0.3, 0.4) is 0 Å². The molecule has 3 aromatic rings. The Morgan fingerprint density at radius 1 is 1.17 bits per heavy atom. The van der Waals surface area contributed by atoms with Gasteiger partial charge in [-0.1, -0.05) is 6.07 Å². The lowest BCUT2D eigenvalue weighted by Gasteiger charge is -2.19. The molecule has 0 aliphatic rings. The molecule has 2 heterocycles. The molecule has 3 rings (SSSR count). The molecule has 10 heteroatoms. The number of alkyl halides is 3. The fourth-order valence-electron chi connectivity index (χ4n) is 2.73. The van der Waals surface area contributed by atoms with Gasteiger partial charge in [0.25, 0.3) is 0 Å². The number of aliphatic hydroxyl groups excluding tert-OH is 1. The van der Waals surface area contributed by atoms with Crippen LogP contribution >= 0.6 is 0 Å². The molecule has 3 N–H and O–H groups in total. The molecule has 0 fully saturated rings. The molecule has 1 atom stereocenters. The fourth-order valence-corrected chi connectivity index (χ4v) is 2.73. The number of halogens is 3. The molecule has 0 spiro atoms. The first kappa shape index (κ1) is 20.7. The molecule has 7 nitrogen and oxygen atoms in total. The number of nitrogens with one attached hydrogen (secondary N) is 1. The van der Waals surface area contributed by atoms with Gasteiger partial charge in [-0.25, -0.2) is 9.97 Å². The summed E-state index contributed by atoms with van der Waals surface area (Å²) in [7, 11) is 0. The molecular weight excluding hydrogens is 387 g/mol. The Hall–Kier alpha value is -2.98. The third kappa shape index (κ3) is 5.30. The predicted octanol–water partition coefficient (Wildman–Crippen LogP) is 3.15. The van der Waals surface area contributed by atoms with Gasteiger partial charge < -0.3 is 15.5 Å². The van der Waals surface area contributed by atoms with Crippen molar-refractivity contribution >= 4 is 11.6 Å². The monoisotopic (exact) mass is 407 g/mol. The molecule has 0 amide bonds. The highest BCUT2D eigenvalue weighted by Gasteiger charge is 2.32. The molecule has 0 radical (unpaired) electrons. The van der Waals surface area contributed by atoms with Crippen LogP contribution in [-0.4, -0.2) is 42.2 Å². The van der Waals surface area contributed by atoms with Crippen LogP contribution in [0.25, 0.3) is 11.1 Å². The summed E-state index contributed by atoms with van der Waals surface area (Å²) in [5.74, 6) is -0.161. The molecule has 1 aromatic carbocycles. The number of hydrogen-bond acceptors (Lipinski definition) is 6. The standard InChI is InChI=1S/C19H20F3N5O2/c1-12-5-13(14-8-24-27(9-14)10-18(2,29)11-28)7-15(6-12)25-17-23-4-3-16(26-17)19(20,21)22/h3-9,28-29H,10-11H2,1-2H3,(H,23,25,26). The minimum Gasteiger partial charge on any atom is -0.393 e. The van der Waals surface area contributed by atoms with Crippen LogP contribution in [0, 0.1) is 6.92 Å². The lowest BCUT2D eigenvalue weighted by atomic mass is 10.1. The van der Waals surface area contributed by atoms with Crippen molar-refractivity contribution in [3.8, 4) is 11.1 Å². The van der Waals surface area contributed by atoms with E-state index >= 15 is 0 Å². The molecule has 154 valence electrons. The summed E-state index contributed by atoms with van der Waals surface area (Å²) in [6.07, 6.45) is -0.191. The topological polar surface area (TPSA) is 96.1 Å². The minimum atomic E-state index is -4.55. The Morgan fingerprint density at radius 2 is 1.93 bits per heavy atom. The first-order valence-corrected chi connectivity index (χ1v) is 8.71. The second-order valence-corrected chi connectivity index (χ2v) is 7.06. The van der Waals surface area contributed by atoms with E-state index in [1.165, 1.54) is 11.6 Å². The van der Waals surface area contributed by atoms with E-state index in [1.807, 2.05) is 13.0 Å². The third-order valence-electron chi connectivity index (χ3n) is 4.09. The normalized spacial score (nSPS) is 13.9. The maximum absolute atomic E-state index is 12.8. The number of aromatic nitrogens is 4. The van der Waals surface area contributed by atoms with Gasteiger partial charge in [-0.05, 0) is 43.2 Å². The Labute approximate surface area is 164 Å². The second-order valence-electron chi connectivity index (χ2n) is 7.06. The Bertz CT molecular complexity index is 1000. The Kier molecular flexibility index (Phi) is 5.58. The van der Waals surface area contributed by atoms with Gasteiger partial charge in [0.15, 0.2) is 0 Å². The molecule has 0 aliphatic heterocycles. The molecule has 0 bridgehead atoms. The number of benzene rings is 1. The predicted molar refractivity (Wildman–Crippen MR) is 100 cm³/mol. The average molecular weight is 407 g/mol. The summed E-state index contributed by atoms with van der Waals surface area (Å²) in [4.78, 5) is 7.35. The highest BCUT2D eigenvalue weighted by molar-refractivity contribution is 5.70. The zero-order chi connectivity index (χ0) is 21.2. The van der Waals surface area contributed by atoms with E-state index in [0.717, 1.165) is 29.0 Å². The summed E-state index contributed by atoms with van der Waals surface area (Å²) in [6, 6.07) is 6.20. The van der Waals surface area contributed by atoms with Crippen molar-refractivity contribution in [2.75, 3.05) is 11.9 Å². The van der Waals surface area contributed by atoms with Crippen LogP contribution in [0.4, 0.5) is 24.8 Å². The number of nitrogens with zero attached hydrogens (tertiary/aromatic N) is 4. The van der Waals surface area contributed by atoms with Crippen molar-refractivity contribution < 1.29 is 23.4 Å². The minimum absolute atomic E-state index is 0.110. The SMILES string of the molecule is Cc1cc(Nc2nccc(C(F)(F)F)n2)cc(-c2cnn(CC(C)(O)CO)c2)c1. The van der Waals surface area contributed by atoms with Crippen LogP contribution in [0.1, 0.15) is 18.2 Å². The molecule has 2 aromatic heterocycles. The van der Waals surface area contributed by atoms with Gasteiger partial charge >= 0.3 is 6.18 Å². The van der Waals surface area contributed by atoms with E-state index in [2.05, 4.69) is 20.4 Å². The van der Waals surface area contributed by atoms with E-state index in [9.17, 15) is 23.4 Å². The van der Waals surface area contributed by atoms with Gasteiger partial charge in [0.2, 0.25) is 5.95 Å². The fraction of sp³-hybridized carbons (Fsp3) is 0.316. The van der Waals surface area contributed by atoms with Crippen molar-refractivity contribution in [2.45, 2.75) is 32.2 Å². The van der Waals surface area contributed by atoms with E-state index in [1.54, 1.807) is 24.5 Å². The van der Waals surface area contributed by atoms with Crippen LogP contribution in [0.2, 0.25) is 0 Å². The van der Waals surface area contributed by atoms with Gasteiger partial charge in [0, 0.05) is 23.6 Å². The van der Waals surface area contributed by atoms with E-state index in [0.29, 0.717) is 5.69 Å². The molecule has 0 aliphatic carbocycles. The number of hydrogen-bond donors (Lipinski definition) is 3. The zero-order valence-electron chi connectivity index (χ0n) is 15.8. The highest BCUT2D eigenvalue weighted by atomic mass is 19.4. The zero-order valence-corrected chi connectivity index (χ0v) is 15.8. The van der Waals surface area contributed by atoms with Crippen LogP contribution < -0.4 is 5.32 Å². The third-order valence-corrected chi connectivity index (χ3v) is 4.09. The summed E-state index contributed by atoms with van der Waals surface area (Å²) < 4.78 is 40.0. The number of rotatable bonds is 6. The van der Waals surface area contributed by atoms with Gasteiger partial charge in [0.1, 0.15) is 11.3 Å². The summed E-state index contributed by atoms with van der Waals surface area (Å²) in [6.45, 7) is 3.05. The van der Waals surface area contributed by atoms with Crippen molar-refractivity contribution in [1.82, 2.24) is 19.7 Å². The van der Waals surface area contributed by atoms with Crippen molar-refractivity contribution in [3.63, 3.8) is 0 Å². The van der Waals surface area contributed by atoms with Gasteiger partial charge in [-0.2, -0.15) is 18.3 Å². The largest absolute Gasteiger partial charge is 0.433 e. The van der Waals surface area contributed by atoms with Crippen LogP contribution in [-0.2, 0) is 12.7 Å². The van der Waals surface area contributed by atoms with Gasteiger partial charge in [0.05, 0.1) is 19.3 Å². The van der Waals surface area contributed by atoms with Crippen molar-refractivity contribution in [1.29, 1.82) is 0 Å².